The summed E-state index contributed by atoms with van der Waals surface area (Å²) in [4.78, 5) is 11.5. The quantitative estimate of drug-likeness (QED) is 0.614. The van der Waals surface area contributed by atoms with Gasteiger partial charge >= 0.3 is 0 Å². The Labute approximate surface area is 93.3 Å². The van der Waals surface area contributed by atoms with Crippen LogP contribution in [-0.4, -0.2) is 11.2 Å². The number of carbonyl (C=O) groups is 1. The second-order valence-electron chi connectivity index (χ2n) is 3.11. The molecule has 14 heavy (non-hydrogen) atoms. The van der Waals surface area contributed by atoms with Crippen LogP contribution in [0, 0.1) is 6.92 Å². The molecule has 1 amide bonds. The number of carbonyl (C=O) groups excluding carboxylic acids is 1. The van der Waals surface area contributed by atoms with E-state index in [-0.39, 0.29) is 11.2 Å². The van der Waals surface area contributed by atoms with Gasteiger partial charge in [-0.25, -0.2) is 0 Å². The van der Waals surface area contributed by atoms with E-state index in [4.69, 9.17) is 0 Å². The molecule has 1 unspecified atom stereocenters. The molecule has 4 heteroatoms. The van der Waals surface area contributed by atoms with E-state index < -0.39 is 0 Å². The normalized spacial score (nSPS) is 12.2. The van der Waals surface area contributed by atoms with Crippen LogP contribution in [0.15, 0.2) is 24.3 Å². The van der Waals surface area contributed by atoms with Crippen molar-refractivity contribution >= 4 is 34.0 Å². The fourth-order valence-electron chi connectivity index (χ4n) is 1.01. The molecule has 0 bridgehead atoms. The van der Waals surface area contributed by atoms with Gasteiger partial charge < -0.3 is 5.32 Å². The fourth-order valence-corrected chi connectivity index (χ4v) is 1.46. The van der Waals surface area contributed by atoms with Crippen molar-refractivity contribution in [1.29, 1.82) is 0 Å². The molecule has 0 aliphatic carbocycles. The summed E-state index contributed by atoms with van der Waals surface area (Å²) < 4.78 is 0. The molecule has 1 N–H and O–H groups in total. The fraction of sp³-hybridized carbons (Fsp3) is 0.300. The number of nitrogens with one attached hydrogen (secondary N) is 1. The number of thiol groups is 1. The molecule has 1 aromatic carbocycles. The molecule has 0 aliphatic heterocycles. The summed E-state index contributed by atoms with van der Waals surface area (Å²) in [5, 5.41) is 2.68. The topological polar surface area (TPSA) is 29.1 Å². The molecule has 76 valence electrons. The van der Waals surface area contributed by atoms with E-state index in [2.05, 4.69) is 17.0 Å². The van der Waals surface area contributed by atoms with Crippen LogP contribution in [0.2, 0.25) is 0 Å². The molecule has 1 rings (SSSR count). The number of hydrogen-bond acceptors (Lipinski definition) is 3. The molecule has 0 heterocycles. The van der Waals surface area contributed by atoms with Crippen molar-refractivity contribution in [3.63, 3.8) is 0 Å². The maximum absolute atomic E-state index is 11.5. The summed E-state index contributed by atoms with van der Waals surface area (Å²) in [5.41, 5.74) is 1.97. The van der Waals surface area contributed by atoms with Gasteiger partial charge in [0, 0.05) is 5.69 Å². The molecule has 0 spiro atoms. The molecular formula is C10H13NOS2. The minimum atomic E-state index is -0.140. The van der Waals surface area contributed by atoms with Gasteiger partial charge in [0.1, 0.15) is 0 Å². The Morgan fingerprint density at radius 1 is 1.57 bits per heavy atom. The molecule has 0 aromatic heterocycles. The summed E-state index contributed by atoms with van der Waals surface area (Å²) in [6, 6.07) is 7.73. The van der Waals surface area contributed by atoms with Gasteiger partial charge in [0.05, 0.1) is 5.25 Å². The highest BCUT2D eigenvalue weighted by atomic mass is 33.1. The lowest BCUT2D eigenvalue weighted by Crippen LogP contribution is -2.21. The van der Waals surface area contributed by atoms with Gasteiger partial charge in [-0.15, -0.1) is 11.7 Å². The van der Waals surface area contributed by atoms with Gasteiger partial charge in [-0.2, -0.15) is 0 Å². The van der Waals surface area contributed by atoms with Crippen LogP contribution in [0.3, 0.4) is 0 Å². The van der Waals surface area contributed by atoms with Crippen molar-refractivity contribution in [3.8, 4) is 0 Å². The first-order valence-electron chi connectivity index (χ1n) is 4.31. The summed E-state index contributed by atoms with van der Waals surface area (Å²) in [6.07, 6.45) is 0. The molecule has 2 nitrogen and oxygen atoms in total. The van der Waals surface area contributed by atoms with Gasteiger partial charge in [-0.05, 0) is 31.5 Å². The van der Waals surface area contributed by atoms with E-state index in [1.54, 1.807) is 0 Å². The van der Waals surface area contributed by atoms with Crippen molar-refractivity contribution in [2.75, 3.05) is 5.32 Å². The zero-order chi connectivity index (χ0) is 10.6. The SMILES string of the molecule is Cc1cccc(NC(=O)C(C)SS)c1. The number of hydrogen-bond donors (Lipinski definition) is 2. The second-order valence-corrected chi connectivity index (χ2v) is 4.66. The first kappa shape index (κ1) is 11.5. The number of aryl methyl sites for hydroxylation is 1. The summed E-state index contributed by atoms with van der Waals surface area (Å²) in [6.45, 7) is 3.81. The third kappa shape index (κ3) is 3.27. The lowest BCUT2D eigenvalue weighted by molar-refractivity contribution is -0.115. The Bertz CT molecular complexity index is 328. The zero-order valence-electron chi connectivity index (χ0n) is 8.15. The molecule has 0 saturated carbocycles. The first-order chi connectivity index (χ1) is 6.63. The Balaban J connectivity index is 2.65. The minimum Gasteiger partial charge on any atom is -0.325 e. The third-order valence-corrected chi connectivity index (χ3v) is 3.29. The van der Waals surface area contributed by atoms with Crippen LogP contribution >= 0.6 is 22.5 Å². The molecule has 1 atom stereocenters. The van der Waals surface area contributed by atoms with Crippen LogP contribution in [0.1, 0.15) is 12.5 Å². The lowest BCUT2D eigenvalue weighted by Gasteiger charge is -2.09. The van der Waals surface area contributed by atoms with E-state index in [0.29, 0.717) is 0 Å². The standard InChI is InChI=1S/C10H13NOS2/c1-7-4-3-5-9(6-7)11-10(12)8(2)14-13/h3-6,8,13H,1-2H3,(H,11,12). The molecular weight excluding hydrogens is 214 g/mol. The summed E-state index contributed by atoms with van der Waals surface area (Å²) in [7, 11) is 1.24. The van der Waals surface area contributed by atoms with Crippen LogP contribution in [0.25, 0.3) is 0 Å². The van der Waals surface area contributed by atoms with Crippen molar-refractivity contribution in [1.82, 2.24) is 0 Å². The van der Waals surface area contributed by atoms with Crippen molar-refractivity contribution < 1.29 is 4.79 Å². The van der Waals surface area contributed by atoms with E-state index >= 15 is 0 Å². The van der Waals surface area contributed by atoms with E-state index in [9.17, 15) is 4.79 Å². The number of amides is 1. The molecule has 1 aromatic rings. The molecule has 0 aliphatic rings. The monoisotopic (exact) mass is 227 g/mol. The summed E-state index contributed by atoms with van der Waals surface area (Å²) in [5.74, 6) is -0.0180. The Morgan fingerprint density at radius 2 is 2.29 bits per heavy atom. The van der Waals surface area contributed by atoms with Crippen LogP contribution in [0.4, 0.5) is 5.69 Å². The Morgan fingerprint density at radius 3 is 2.86 bits per heavy atom. The third-order valence-electron chi connectivity index (χ3n) is 1.81. The molecule has 0 fully saturated rings. The average Bonchev–Trinajstić information content (AvgIpc) is 2.16. The van der Waals surface area contributed by atoms with E-state index in [0.717, 1.165) is 11.3 Å². The minimum absolute atomic E-state index is 0.0180. The van der Waals surface area contributed by atoms with Crippen LogP contribution < -0.4 is 5.32 Å². The smallest absolute Gasteiger partial charge is 0.238 e. The summed E-state index contributed by atoms with van der Waals surface area (Å²) >= 11 is 4.00. The maximum Gasteiger partial charge on any atom is 0.238 e. The highest BCUT2D eigenvalue weighted by Crippen LogP contribution is 2.17. The van der Waals surface area contributed by atoms with Crippen molar-refractivity contribution in [2.24, 2.45) is 0 Å². The van der Waals surface area contributed by atoms with Gasteiger partial charge in [0.2, 0.25) is 5.91 Å². The highest BCUT2D eigenvalue weighted by Gasteiger charge is 2.11. The van der Waals surface area contributed by atoms with Gasteiger partial charge in [-0.1, -0.05) is 22.9 Å². The molecule has 0 radical (unpaired) electrons. The first-order valence-corrected chi connectivity index (χ1v) is 6.24. The Kier molecular flexibility index (Phi) is 4.35. The Hall–Kier alpha value is -0.610. The number of benzene rings is 1. The lowest BCUT2D eigenvalue weighted by atomic mass is 10.2. The van der Waals surface area contributed by atoms with Gasteiger partial charge in [0.15, 0.2) is 0 Å². The predicted molar refractivity (Wildman–Crippen MR) is 65.8 cm³/mol. The van der Waals surface area contributed by atoms with Crippen molar-refractivity contribution in [3.05, 3.63) is 29.8 Å². The largest absolute Gasteiger partial charge is 0.325 e. The molecule has 0 saturated heterocycles. The average molecular weight is 227 g/mol. The van der Waals surface area contributed by atoms with E-state index in [1.165, 1.54) is 10.8 Å². The number of anilines is 1. The predicted octanol–water partition coefficient (Wildman–Crippen LogP) is 2.90. The zero-order valence-corrected chi connectivity index (χ0v) is 9.86. The van der Waals surface area contributed by atoms with Gasteiger partial charge in [-0.3, -0.25) is 4.79 Å². The number of rotatable bonds is 3. The second kappa shape index (κ2) is 5.32. The van der Waals surface area contributed by atoms with Crippen molar-refractivity contribution in [2.45, 2.75) is 19.1 Å². The van der Waals surface area contributed by atoms with Gasteiger partial charge in [0.25, 0.3) is 0 Å². The maximum atomic E-state index is 11.5. The highest BCUT2D eigenvalue weighted by molar-refractivity contribution is 8.69. The van der Waals surface area contributed by atoms with Crippen LogP contribution in [-0.2, 0) is 4.79 Å². The van der Waals surface area contributed by atoms with E-state index in [1.807, 2.05) is 38.1 Å². The van der Waals surface area contributed by atoms with Crippen LogP contribution in [0.5, 0.6) is 0 Å².